The molecule has 2 N–H and O–H groups in total. The fourth-order valence-corrected chi connectivity index (χ4v) is 3.31. The molecule has 2 rings (SSSR count). The van der Waals surface area contributed by atoms with Crippen LogP contribution in [0.15, 0.2) is 24.3 Å². The smallest absolute Gasteiger partial charge is 0.142 e. The zero-order chi connectivity index (χ0) is 15.6. The van der Waals surface area contributed by atoms with Crippen molar-refractivity contribution in [2.75, 3.05) is 25.1 Å². The first kappa shape index (κ1) is 17.1. The van der Waals surface area contributed by atoms with Gasteiger partial charge in [0.05, 0.1) is 12.3 Å². The van der Waals surface area contributed by atoms with Crippen LogP contribution in [0.1, 0.15) is 51.9 Å². The number of aliphatic hydroxyl groups is 1. The minimum Gasteiger partial charge on any atom is -0.491 e. The van der Waals surface area contributed by atoms with Crippen molar-refractivity contribution >= 4 is 5.69 Å². The van der Waals surface area contributed by atoms with Crippen LogP contribution < -0.4 is 10.1 Å². The largest absolute Gasteiger partial charge is 0.491 e. The topological polar surface area (TPSA) is 41.5 Å². The first-order valence-electron chi connectivity index (χ1n) is 8.91. The van der Waals surface area contributed by atoms with E-state index >= 15 is 0 Å². The van der Waals surface area contributed by atoms with E-state index in [9.17, 15) is 5.11 Å². The molecule has 1 aromatic carbocycles. The Bertz CT molecular complexity index is 422. The van der Waals surface area contributed by atoms with E-state index in [4.69, 9.17) is 4.74 Å². The van der Waals surface area contributed by atoms with Gasteiger partial charge in [-0.05, 0) is 43.2 Å². The van der Waals surface area contributed by atoms with Gasteiger partial charge in [0.25, 0.3) is 0 Å². The van der Waals surface area contributed by atoms with Crippen LogP contribution in [0.25, 0.3) is 0 Å². The number of anilines is 1. The van der Waals surface area contributed by atoms with Crippen molar-refractivity contribution in [3.8, 4) is 5.75 Å². The summed E-state index contributed by atoms with van der Waals surface area (Å²) in [5.74, 6) is 1.99. The van der Waals surface area contributed by atoms with Crippen molar-refractivity contribution in [2.45, 2.75) is 51.9 Å². The molecule has 3 heteroatoms. The Kier molecular flexibility index (Phi) is 7.58. The average molecular weight is 305 g/mol. The highest BCUT2D eigenvalue weighted by molar-refractivity contribution is 5.56. The Morgan fingerprint density at radius 1 is 1.14 bits per heavy atom. The number of hydrogen-bond acceptors (Lipinski definition) is 3. The van der Waals surface area contributed by atoms with Crippen LogP contribution in [0, 0.1) is 11.8 Å². The van der Waals surface area contributed by atoms with Gasteiger partial charge in [0.15, 0.2) is 0 Å². The molecule has 1 saturated carbocycles. The quantitative estimate of drug-likeness (QED) is 0.662. The molecule has 0 spiro atoms. The van der Waals surface area contributed by atoms with E-state index in [1.807, 2.05) is 18.2 Å². The molecular formula is C19H31NO2. The normalized spacial score (nSPS) is 21.5. The van der Waals surface area contributed by atoms with Crippen molar-refractivity contribution < 1.29 is 9.84 Å². The van der Waals surface area contributed by atoms with Crippen LogP contribution in [0.4, 0.5) is 5.69 Å². The molecule has 3 nitrogen and oxygen atoms in total. The van der Waals surface area contributed by atoms with Crippen molar-refractivity contribution in [3.05, 3.63) is 24.3 Å². The maximum atomic E-state index is 9.53. The Morgan fingerprint density at radius 3 is 2.68 bits per heavy atom. The molecule has 0 aromatic heterocycles. The number of nitrogens with one attached hydrogen (secondary N) is 1. The zero-order valence-electron chi connectivity index (χ0n) is 13.9. The predicted molar refractivity (Wildman–Crippen MR) is 92.5 cm³/mol. The summed E-state index contributed by atoms with van der Waals surface area (Å²) in [4.78, 5) is 0. The van der Waals surface area contributed by atoms with Crippen LogP contribution in [0.5, 0.6) is 5.75 Å². The second kappa shape index (κ2) is 9.73. The maximum absolute atomic E-state index is 9.53. The van der Waals surface area contributed by atoms with Crippen LogP contribution in [0.3, 0.4) is 0 Å². The summed E-state index contributed by atoms with van der Waals surface area (Å²) >= 11 is 0. The first-order chi connectivity index (χ1) is 10.8. The minimum absolute atomic E-state index is 0.321. The third-order valence-electron chi connectivity index (χ3n) is 4.75. The van der Waals surface area contributed by atoms with Crippen LogP contribution in [-0.2, 0) is 0 Å². The van der Waals surface area contributed by atoms with Crippen LogP contribution in [-0.4, -0.2) is 24.9 Å². The summed E-state index contributed by atoms with van der Waals surface area (Å²) in [5.41, 5.74) is 1.08. The van der Waals surface area contributed by atoms with Gasteiger partial charge < -0.3 is 15.2 Å². The van der Waals surface area contributed by atoms with Crippen molar-refractivity contribution in [1.82, 2.24) is 0 Å². The molecular weight excluding hydrogens is 274 g/mol. The lowest BCUT2D eigenvalue weighted by Crippen LogP contribution is -2.28. The highest BCUT2D eigenvalue weighted by Gasteiger charge is 2.24. The van der Waals surface area contributed by atoms with E-state index in [2.05, 4.69) is 18.3 Å². The lowest BCUT2D eigenvalue weighted by molar-refractivity contribution is 0.141. The van der Waals surface area contributed by atoms with Gasteiger partial charge in [-0.25, -0.2) is 0 Å². The fraction of sp³-hybridized carbons (Fsp3) is 0.684. The molecule has 1 aliphatic carbocycles. The molecule has 2 unspecified atom stereocenters. The molecule has 0 saturated heterocycles. The SMILES string of the molecule is CCCCCOc1ccccc1NCC1CCCCC1CO. The molecule has 2 atom stereocenters. The molecule has 0 aliphatic heterocycles. The van der Waals surface area contributed by atoms with Crippen LogP contribution >= 0.6 is 0 Å². The summed E-state index contributed by atoms with van der Waals surface area (Å²) < 4.78 is 5.92. The van der Waals surface area contributed by atoms with Gasteiger partial charge in [-0.3, -0.25) is 0 Å². The molecule has 0 heterocycles. The summed E-state index contributed by atoms with van der Waals surface area (Å²) in [6.07, 6.45) is 8.48. The molecule has 1 aliphatic rings. The van der Waals surface area contributed by atoms with Gasteiger partial charge in [0.1, 0.15) is 5.75 Å². The van der Waals surface area contributed by atoms with Crippen LogP contribution in [0.2, 0.25) is 0 Å². The van der Waals surface area contributed by atoms with Gasteiger partial charge in [-0.15, -0.1) is 0 Å². The standard InChI is InChI=1S/C19H31NO2/c1-2-3-8-13-22-19-12-7-6-11-18(19)20-14-16-9-4-5-10-17(16)15-21/h6-7,11-12,16-17,20-21H,2-5,8-10,13-15H2,1H3. The number of hydrogen-bond donors (Lipinski definition) is 2. The van der Waals surface area contributed by atoms with E-state index in [1.165, 1.54) is 32.1 Å². The van der Waals surface area contributed by atoms with E-state index in [-0.39, 0.29) is 0 Å². The first-order valence-corrected chi connectivity index (χ1v) is 8.91. The third kappa shape index (κ3) is 5.20. The van der Waals surface area contributed by atoms with E-state index < -0.39 is 0 Å². The second-order valence-corrected chi connectivity index (χ2v) is 6.42. The second-order valence-electron chi connectivity index (χ2n) is 6.42. The summed E-state index contributed by atoms with van der Waals surface area (Å²) in [6, 6.07) is 8.20. The lowest BCUT2D eigenvalue weighted by Gasteiger charge is -2.30. The zero-order valence-corrected chi connectivity index (χ0v) is 13.9. The summed E-state index contributed by atoms with van der Waals surface area (Å²) in [6.45, 7) is 4.24. The van der Waals surface area contributed by atoms with E-state index in [1.54, 1.807) is 0 Å². The number of ether oxygens (including phenoxy) is 1. The maximum Gasteiger partial charge on any atom is 0.142 e. The molecule has 0 radical (unpaired) electrons. The minimum atomic E-state index is 0.321. The van der Waals surface area contributed by atoms with Gasteiger partial charge in [-0.1, -0.05) is 44.7 Å². The molecule has 124 valence electrons. The van der Waals surface area contributed by atoms with E-state index in [0.29, 0.717) is 18.4 Å². The Hall–Kier alpha value is -1.22. The van der Waals surface area contributed by atoms with Crippen molar-refractivity contribution in [2.24, 2.45) is 11.8 Å². The molecule has 1 aromatic rings. The average Bonchev–Trinajstić information content (AvgIpc) is 2.58. The Balaban J connectivity index is 1.86. The molecule has 1 fully saturated rings. The predicted octanol–water partition coefficient (Wildman–Crippen LogP) is 4.47. The number of aliphatic hydroxyl groups excluding tert-OH is 1. The van der Waals surface area contributed by atoms with Gasteiger partial charge >= 0.3 is 0 Å². The highest BCUT2D eigenvalue weighted by Crippen LogP contribution is 2.31. The molecule has 0 amide bonds. The Labute approximate surface area is 135 Å². The monoisotopic (exact) mass is 305 g/mol. The number of benzene rings is 1. The highest BCUT2D eigenvalue weighted by atomic mass is 16.5. The summed E-state index contributed by atoms with van der Waals surface area (Å²) in [7, 11) is 0. The number of rotatable bonds is 9. The number of unbranched alkanes of at least 4 members (excludes halogenated alkanes) is 2. The fourth-order valence-electron chi connectivity index (χ4n) is 3.31. The number of para-hydroxylation sites is 2. The van der Waals surface area contributed by atoms with Gasteiger partial charge in [-0.2, -0.15) is 0 Å². The lowest BCUT2D eigenvalue weighted by atomic mass is 9.79. The van der Waals surface area contributed by atoms with Gasteiger partial charge in [0, 0.05) is 13.2 Å². The van der Waals surface area contributed by atoms with Crippen molar-refractivity contribution in [1.29, 1.82) is 0 Å². The van der Waals surface area contributed by atoms with Gasteiger partial charge in [0.2, 0.25) is 0 Å². The Morgan fingerprint density at radius 2 is 1.91 bits per heavy atom. The van der Waals surface area contributed by atoms with E-state index in [0.717, 1.165) is 37.4 Å². The molecule has 22 heavy (non-hydrogen) atoms. The van der Waals surface area contributed by atoms with Crippen molar-refractivity contribution in [3.63, 3.8) is 0 Å². The third-order valence-corrected chi connectivity index (χ3v) is 4.75. The summed E-state index contributed by atoms with van der Waals surface area (Å²) in [5, 5.41) is 13.1. The molecule has 0 bridgehead atoms.